The van der Waals surface area contributed by atoms with Gasteiger partial charge in [0.15, 0.2) is 0 Å². The maximum Gasteiger partial charge on any atom is 0.337 e. The predicted octanol–water partition coefficient (Wildman–Crippen LogP) is 3.23. The third kappa shape index (κ3) is 2.38. The van der Waals surface area contributed by atoms with Gasteiger partial charge in [0.1, 0.15) is 17.2 Å². The van der Waals surface area contributed by atoms with Gasteiger partial charge >= 0.3 is 5.97 Å². The molecular formula is C16H13FN2O2. The molecule has 1 heterocycles. The number of fused-ring (bicyclic) bond motifs is 1. The summed E-state index contributed by atoms with van der Waals surface area (Å²) >= 11 is 0. The van der Waals surface area contributed by atoms with Crippen molar-refractivity contribution < 1.29 is 14.3 Å². The van der Waals surface area contributed by atoms with Crippen molar-refractivity contribution in [2.45, 2.75) is 13.5 Å². The van der Waals surface area contributed by atoms with Crippen molar-refractivity contribution in [2.24, 2.45) is 0 Å². The molecule has 0 radical (unpaired) electrons. The SMILES string of the molecule is Cc1nc2c(C(=O)O)cccc2n1Cc1cccc(F)c1. The Kier molecular flexibility index (Phi) is 3.17. The zero-order chi connectivity index (χ0) is 15.0. The lowest BCUT2D eigenvalue weighted by Gasteiger charge is -2.07. The number of hydrogen-bond acceptors (Lipinski definition) is 2. The van der Waals surface area contributed by atoms with Crippen molar-refractivity contribution in [3.8, 4) is 0 Å². The molecule has 0 aliphatic carbocycles. The smallest absolute Gasteiger partial charge is 0.337 e. The zero-order valence-corrected chi connectivity index (χ0v) is 11.4. The monoisotopic (exact) mass is 284 g/mol. The lowest BCUT2D eigenvalue weighted by Crippen LogP contribution is -2.02. The molecule has 0 saturated heterocycles. The number of aryl methyl sites for hydroxylation is 1. The summed E-state index contributed by atoms with van der Waals surface area (Å²) in [6.07, 6.45) is 0. The first kappa shape index (κ1) is 13.3. The second kappa shape index (κ2) is 5.01. The molecule has 0 bridgehead atoms. The van der Waals surface area contributed by atoms with E-state index in [0.717, 1.165) is 11.1 Å². The van der Waals surface area contributed by atoms with E-state index in [0.29, 0.717) is 17.9 Å². The second-order valence-electron chi connectivity index (χ2n) is 4.85. The highest BCUT2D eigenvalue weighted by molar-refractivity contribution is 6.01. The van der Waals surface area contributed by atoms with Crippen LogP contribution in [0.1, 0.15) is 21.7 Å². The first-order valence-corrected chi connectivity index (χ1v) is 6.50. The van der Waals surface area contributed by atoms with Gasteiger partial charge in [-0.15, -0.1) is 0 Å². The van der Waals surface area contributed by atoms with Gasteiger partial charge in [-0.3, -0.25) is 0 Å². The Bertz CT molecular complexity index is 839. The molecule has 1 N–H and O–H groups in total. The van der Waals surface area contributed by atoms with Crippen LogP contribution in [0.4, 0.5) is 4.39 Å². The van der Waals surface area contributed by atoms with Crippen LogP contribution in [0.3, 0.4) is 0 Å². The minimum atomic E-state index is -1.00. The number of para-hydroxylation sites is 1. The van der Waals surface area contributed by atoms with Crippen LogP contribution in [0, 0.1) is 12.7 Å². The van der Waals surface area contributed by atoms with Crippen molar-refractivity contribution in [1.82, 2.24) is 9.55 Å². The van der Waals surface area contributed by atoms with Crippen LogP contribution in [0.25, 0.3) is 11.0 Å². The number of aromatic carboxylic acids is 1. The van der Waals surface area contributed by atoms with Crippen LogP contribution in [0.5, 0.6) is 0 Å². The summed E-state index contributed by atoms with van der Waals surface area (Å²) in [5.41, 5.74) is 2.17. The quantitative estimate of drug-likeness (QED) is 0.803. The average Bonchev–Trinajstić information content (AvgIpc) is 2.75. The van der Waals surface area contributed by atoms with Crippen molar-refractivity contribution in [1.29, 1.82) is 0 Å². The van der Waals surface area contributed by atoms with Gasteiger partial charge in [0, 0.05) is 6.54 Å². The minimum absolute atomic E-state index is 0.175. The molecule has 0 saturated carbocycles. The van der Waals surface area contributed by atoms with E-state index in [1.165, 1.54) is 18.2 Å². The van der Waals surface area contributed by atoms with E-state index >= 15 is 0 Å². The molecule has 0 unspecified atom stereocenters. The third-order valence-electron chi connectivity index (χ3n) is 3.43. The highest BCUT2D eigenvalue weighted by atomic mass is 19.1. The van der Waals surface area contributed by atoms with Crippen LogP contribution in [0.2, 0.25) is 0 Å². The van der Waals surface area contributed by atoms with Crippen LogP contribution < -0.4 is 0 Å². The Morgan fingerprint density at radius 1 is 1.29 bits per heavy atom. The first-order valence-electron chi connectivity index (χ1n) is 6.50. The largest absolute Gasteiger partial charge is 0.478 e. The average molecular weight is 284 g/mol. The fourth-order valence-electron chi connectivity index (χ4n) is 2.45. The van der Waals surface area contributed by atoms with Crippen molar-refractivity contribution in [3.63, 3.8) is 0 Å². The van der Waals surface area contributed by atoms with Crippen LogP contribution >= 0.6 is 0 Å². The van der Waals surface area contributed by atoms with E-state index in [1.807, 2.05) is 23.6 Å². The van der Waals surface area contributed by atoms with Crippen LogP contribution in [-0.2, 0) is 6.54 Å². The number of nitrogens with zero attached hydrogens (tertiary/aromatic N) is 2. The number of carboxylic acid groups (broad SMARTS) is 1. The first-order chi connectivity index (χ1) is 10.1. The van der Waals surface area contributed by atoms with E-state index in [9.17, 15) is 14.3 Å². The second-order valence-corrected chi connectivity index (χ2v) is 4.85. The van der Waals surface area contributed by atoms with Gasteiger partial charge in [-0.1, -0.05) is 18.2 Å². The molecule has 0 spiro atoms. The fourth-order valence-corrected chi connectivity index (χ4v) is 2.45. The van der Waals surface area contributed by atoms with Gasteiger partial charge in [-0.2, -0.15) is 0 Å². The molecule has 4 nitrogen and oxygen atoms in total. The van der Waals surface area contributed by atoms with Crippen LogP contribution in [-0.4, -0.2) is 20.6 Å². The molecule has 0 aliphatic heterocycles. The Morgan fingerprint density at radius 2 is 2.05 bits per heavy atom. The van der Waals surface area contributed by atoms with Crippen molar-refractivity contribution in [3.05, 3.63) is 65.2 Å². The maximum atomic E-state index is 13.3. The molecule has 3 rings (SSSR count). The molecule has 0 amide bonds. The van der Waals surface area contributed by atoms with E-state index in [-0.39, 0.29) is 11.4 Å². The lowest BCUT2D eigenvalue weighted by molar-refractivity contribution is 0.0699. The summed E-state index contributed by atoms with van der Waals surface area (Å²) in [5.74, 6) is -0.597. The number of aromatic nitrogens is 2. The Labute approximate surface area is 120 Å². The topological polar surface area (TPSA) is 55.1 Å². The number of benzene rings is 2. The van der Waals surface area contributed by atoms with Gasteiger partial charge < -0.3 is 9.67 Å². The maximum absolute atomic E-state index is 13.3. The van der Waals surface area contributed by atoms with Gasteiger partial charge in [-0.25, -0.2) is 14.2 Å². The van der Waals surface area contributed by atoms with Gasteiger partial charge in [0.05, 0.1) is 11.1 Å². The molecular weight excluding hydrogens is 271 g/mol. The molecule has 1 aromatic heterocycles. The summed E-state index contributed by atoms with van der Waals surface area (Å²) in [6, 6.07) is 11.4. The van der Waals surface area contributed by atoms with E-state index in [1.54, 1.807) is 12.1 Å². The highest BCUT2D eigenvalue weighted by Gasteiger charge is 2.15. The van der Waals surface area contributed by atoms with Crippen LogP contribution in [0.15, 0.2) is 42.5 Å². The fraction of sp³-hybridized carbons (Fsp3) is 0.125. The summed E-state index contributed by atoms with van der Waals surface area (Å²) < 4.78 is 15.2. The van der Waals surface area contributed by atoms with E-state index in [2.05, 4.69) is 4.98 Å². The summed E-state index contributed by atoms with van der Waals surface area (Å²) in [4.78, 5) is 15.6. The van der Waals surface area contributed by atoms with Gasteiger partial charge in [-0.05, 0) is 36.8 Å². The van der Waals surface area contributed by atoms with E-state index < -0.39 is 5.97 Å². The molecule has 0 aliphatic rings. The number of carbonyl (C=O) groups is 1. The molecule has 0 atom stereocenters. The zero-order valence-electron chi connectivity index (χ0n) is 11.4. The molecule has 5 heteroatoms. The number of rotatable bonds is 3. The number of carboxylic acids is 1. The third-order valence-corrected chi connectivity index (χ3v) is 3.43. The Morgan fingerprint density at radius 3 is 2.76 bits per heavy atom. The Balaban J connectivity index is 2.13. The van der Waals surface area contributed by atoms with E-state index in [4.69, 9.17) is 0 Å². The molecule has 2 aromatic carbocycles. The lowest BCUT2D eigenvalue weighted by atomic mass is 10.1. The van der Waals surface area contributed by atoms with Gasteiger partial charge in [0.25, 0.3) is 0 Å². The molecule has 21 heavy (non-hydrogen) atoms. The van der Waals surface area contributed by atoms with Crippen molar-refractivity contribution >= 4 is 17.0 Å². The Hall–Kier alpha value is -2.69. The van der Waals surface area contributed by atoms with Crippen molar-refractivity contribution in [2.75, 3.05) is 0 Å². The highest BCUT2D eigenvalue weighted by Crippen LogP contribution is 2.21. The summed E-state index contributed by atoms with van der Waals surface area (Å²) in [7, 11) is 0. The molecule has 106 valence electrons. The number of imidazole rings is 1. The minimum Gasteiger partial charge on any atom is -0.478 e. The number of hydrogen-bond donors (Lipinski definition) is 1. The molecule has 0 fully saturated rings. The predicted molar refractivity (Wildman–Crippen MR) is 76.9 cm³/mol. The normalized spacial score (nSPS) is 11.0. The summed E-state index contributed by atoms with van der Waals surface area (Å²) in [6.45, 7) is 2.26. The summed E-state index contributed by atoms with van der Waals surface area (Å²) in [5, 5.41) is 9.21. The number of halogens is 1. The molecule has 3 aromatic rings. The van der Waals surface area contributed by atoms with Gasteiger partial charge in [0.2, 0.25) is 0 Å². The standard InChI is InChI=1S/C16H13FN2O2/c1-10-18-15-13(16(20)21)6-3-7-14(15)19(10)9-11-4-2-5-12(17)8-11/h2-8H,9H2,1H3,(H,20,21).